The summed E-state index contributed by atoms with van der Waals surface area (Å²) >= 11 is 0. The van der Waals surface area contributed by atoms with E-state index in [2.05, 4.69) is 4.84 Å². The smallest absolute Gasteiger partial charge is 0.294 e. The maximum Gasteiger partial charge on any atom is 0.294 e. The fourth-order valence-electron chi connectivity index (χ4n) is 1.12. The van der Waals surface area contributed by atoms with Crippen LogP contribution in [0, 0.1) is 10.1 Å². The van der Waals surface area contributed by atoms with Crippen LogP contribution >= 0.6 is 0 Å². The molecule has 1 aromatic carbocycles. The average Bonchev–Trinajstić information content (AvgIpc) is 2.28. The van der Waals surface area contributed by atoms with Crippen LogP contribution in [0.3, 0.4) is 0 Å². The van der Waals surface area contributed by atoms with Gasteiger partial charge in [0, 0.05) is 0 Å². The van der Waals surface area contributed by atoms with Crippen LogP contribution < -0.4 is 4.74 Å². The topological polar surface area (TPSA) is 95.7 Å². The Morgan fingerprint density at radius 3 is 2.35 bits per heavy atom. The first kappa shape index (κ1) is 13.2. The SMILES string of the molecule is COc1ccc(S(=O)(=O)CCO[N+](=O)[O-])cc1. The van der Waals surface area contributed by atoms with Gasteiger partial charge in [0.2, 0.25) is 0 Å². The van der Waals surface area contributed by atoms with Gasteiger partial charge in [0.1, 0.15) is 12.4 Å². The lowest BCUT2D eigenvalue weighted by Crippen LogP contribution is -2.14. The third-order valence-corrected chi connectivity index (χ3v) is 3.66. The van der Waals surface area contributed by atoms with Crippen LogP contribution in [-0.2, 0) is 14.7 Å². The molecule has 0 heterocycles. The molecule has 0 atom stereocenters. The number of methoxy groups -OCH3 is 1. The maximum atomic E-state index is 11.7. The van der Waals surface area contributed by atoms with Crippen molar-refractivity contribution in [2.24, 2.45) is 0 Å². The van der Waals surface area contributed by atoms with Crippen molar-refractivity contribution in [2.75, 3.05) is 19.5 Å². The van der Waals surface area contributed by atoms with E-state index in [0.29, 0.717) is 5.75 Å². The van der Waals surface area contributed by atoms with Crippen molar-refractivity contribution in [1.82, 2.24) is 0 Å². The molecule has 17 heavy (non-hydrogen) atoms. The Kier molecular flexibility index (Phi) is 4.27. The first-order valence-electron chi connectivity index (χ1n) is 4.60. The van der Waals surface area contributed by atoms with Crippen molar-refractivity contribution < 1.29 is 23.1 Å². The predicted octanol–water partition coefficient (Wildman–Crippen LogP) is 0.677. The van der Waals surface area contributed by atoms with Crippen molar-refractivity contribution >= 4 is 9.84 Å². The quantitative estimate of drug-likeness (QED) is 0.551. The monoisotopic (exact) mass is 261 g/mol. The first-order chi connectivity index (χ1) is 7.95. The van der Waals surface area contributed by atoms with Gasteiger partial charge in [-0.2, -0.15) is 0 Å². The molecule has 0 aliphatic rings. The van der Waals surface area contributed by atoms with E-state index in [4.69, 9.17) is 4.74 Å². The molecule has 0 bridgehead atoms. The summed E-state index contributed by atoms with van der Waals surface area (Å²) in [7, 11) is -2.10. The van der Waals surface area contributed by atoms with E-state index in [1.807, 2.05) is 0 Å². The molecule has 7 nitrogen and oxygen atoms in total. The first-order valence-corrected chi connectivity index (χ1v) is 6.25. The van der Waals surface area contributed by atoms with E-state index < -0.39 is 27.3 Å². The molecule has 0 radical (unpaired) electrons. The Morgan fingerprint density at radius 2 is 1.88 bits per heavy atom. The van der Waals surface area contributed by atoms with Crippen LogP contribution in [0.4, 0.5) is 0 Å². The van der Waals surface area contributed by atoms with Gasteiger partial charge in [-0.3, -0.25) is 0 Å². The van der Waals surface area contributed by atoms with Gasteiger partial charge in [-0.1, -0.05) is 0 Å². The molecule has 94 valence electrons. The summed E-state index contributed by atoms with van der Waals surface area (Å²) in [5.74, 6) is 0.0887. The highest BCUT2D eigenvalue weighted by molar-refractivity contribution is 7.91. The van der Waals surface area contributed by atoms with Crippen LogP contribution in [0.25, 0.3) is 0 Å². The molecule has 0 N–H and O–H groups in total. The van der Waals surface area contributed by atoms with Crippen LogP contribution in [0.15, 0.2) is 29.2 Å². The van der Waals surface area contributed by atoms with Crippen molar-refractivity contribution in [2.45, 2.75) is 4.90 Å². The molecular formula is C9H11NO6S. The Bertz CT molecular complexity index is 481. The predicted molar refractivity (Wildman–Crippen MR) is 58.0 cm³/mol. The Morgan fingerprint density at radius 1 is 1.29 bits per heavy atom. The zero-order valence-electron chi connectivity index (χ0n) is 9.03. The summed E-state index contributed by atoms with van der Waals surface area (Å²) in [6, 6.07) is 5.75. The second kappa shape index (κ2) is 5.48. The molecule has 1 aromatic rings. The molecule has 0 unspecified atom stereocenters. The molecular weight excluding hydrogens is 250 g/mol. The normalized spacial score (nSPS) is 10.9. The van der Waals surface area contributed by atoms with E-state index in [1.165, 1.54) is 31.4 Å². The number of ether oxygens (including phenoxy) is 1. The van der Waals surface area contributed by atoms with Gasteiger partial charge in [0.05, 0.1) is 17.8 Å². The van der Waals surface area contributed by atoms with Crippen molar-refractivity contribution in [1.29, 1.82) is 0 Å². The molecule has 0 amide bonds. The Balaban J connectivity index is 2.72. The lowest BCUT2D eigenvalue weighted by atomic mass is 10.3. The number of hydrogen-bond acceptors (Lipinski definition) is 6. The van der Waals surface area contributed by atoms with Gasteiger partial charge >= 0.3 is 0 Å². The van der Waals surface area contributed by atoms with Gasteiger partial charge in [0.15, 0.2) is 9.84 Å². The summed E-state index contributed by atoms with van der Waals surface area (Å²) in [5, 5.41) is 8.85. The summed E-state index contributed by atoms with van der Waals surface area (Å²) in [6.07, 6.45) is 0. The van der Waals surface area contributed by atoms with E-state index >= 15 is 0 Å². The van der Waals surface area contributed by atoms with Gasteiger partial charge in [-0.15, -0.1) is 10.1 Å². The number of rotatable bonds is 6. The Hall–Kier alpha value is -1.83. The number of sulfone groups is 1. The highest BCUT2D eigenvalue weighted by Gasteiger charge is 2.14. The molecule has 0 aliphatic carbocycles. The van der Waals surface area contributed by atoms with Gasteiger partial charge < -0.3 is 9.57 Å². The lowest BCUT2D eigenvalue weighted by molar-refractivity contribution is -0.756. The summed E-state index contributed by atoms with van der Waals surface area (Å²) in [4.78, 5) is 13.9. The zero-order valence-corrected chi connectivity index (χ0v) is 9.85. The van der Waals surface area contributed by atoms with Gasteiger partial charge in [-0.05, 0) is 24.3 Å². The van der Waals surface area contributed by atoms with E-state index in [0.717, 1.165) is 0 Å². The minimum absolute atomic E-state index is 0.0743. The highest BCUT2D eigenvalue weighted by Crippen LogP contribution is 2.16. The Labute approximate surface area is 98.0 Å². The van der Waals surface area contributed by atoms with Crippen molar-refractivity contribution in [3.8, 4) is 5.75 Å². The summed E-state index contributed by atoms with van der Waals surface area (Å²) in [6.45, 7) is -0.485. The second-order valence-electron chi connectivity index (χ2n) is 3.05. The molecule has 0 saturated heterocycles. The van der Waals surface area contributed by atoms with Crippen LogP contribution in [-0.4, -0.2) is 33.0 Å². The molecule has 1 rings (SSSR count). The van der Waals surface area contributed by atoms with Crippen LogP contribution in [0.1, 0.15) is 0 Å². The standard InChI is InChI=1S/C9H11NO6S/c1-15-8-2-4-9(5-3-8)17(13,14)7-6-16-10(11)12/h2-5H,6-7H2,1H3. The second-order valence-corrected chi connectivity index (χ2v) is 5.16. The molecule has 0 saturated carbocycles. The zero-order chi connectivity index (χ0) is 12.9. The van der Waals surface area contributed by atoms with Gasteiger partial charge in [-0.25, -0.2) is 8.42 Å². The largest absolute Gasteiger partial charge is 0.497 e. The summed E-state index contributed by atoms with van der Waals surface area (Å²) in [5.41, 5.74) is 0. The maximum absolute atomic E-state index is 11.7. The third-order valence-electron chi connectivity index (χ3n) is 1.97. The molecule has 0 fully saturated rings. The third kappa shape index (κ3) is 3.91. The van der Waals surface area contributed by atoms with E-state index in [-0.39, 0.29) is 4.90 Å². The average molecular weight is 261 g/mol. The van der Waals surface area contributed by atoms with Crippen LogP contribution in [0.2, 0.25) is 0 Å². The molecule has 0 aliphatic heterocycles. The summed E-state index contributed by atoms with van der Waals surface area (Å²) < 4.78 is 28.2. The fraction of sp³-hybridized carbons (Fsp3) is 0.333. The number of hydrogen-bond donors (Lipinski definition) is 0. The fourth-order valence-corrected chi connectivity index (χ4v) is 2.20. The van der Waals surface area contributed by atoms with E-state index in [1.54, 1.807) is 0 Å². The number of benzene rings is 1. The minimum Gasteiger partial charge on any atom is -0.497 e. The van der Waals surface area contributed by atoms with E-state index in [9.17, 15) is 18.5 Å². The highest BCUT2D eigenvalue weighted by atomic mass is 32.2. The van der Waals surface area contributed by atoms with Crippen LogP contribution in [0.5, 0.6) is 5.75 Å². The van der Waals surface area contributed by atoms with Crippen molar-refractivity contribution in [3.63, 3.8) is 0 Å². The molecule has 8 heteroatoms. The van der Waals surface area contributed by atoms with Crippen molar-refractivity contribution in [3.05, 3.63) is 34.4 Å². The number of nitrogens with zero attached hydrogens (tertiary/aromatic N) is 1. The minimum atomic E-state index is -3.57. The molecule has 0 spiro atoms. The van der Waals surface area contributed by atoms with Gasteiger partial charge in [0.25, 0.3) is 5.09 Å². The lowest BCUT2D eigenvalue weighted by Gasteiger charge is -2.04. The molecule has 0 aromatic heterocycles.